The number of phosphoric ester groups is 2. The molecule has 0 aliphatic rings. The van der Waals surface area contributed by atoms with Crippen molar-refractivity contribution in [1.29, 1.82) is 0 Å². The van der Waals surface area contributed by atoms with Crippen LogP contribution in [0.25, 0.3) is 0 Å². The van der Waals surface area contributed by atoms with Gasteiger partial charge in [-0.25, -0.2) is 9.13 Å². The van der Waals surface area contributed by atoms with Crippen molar-refractivity contribution in [1.82, 2.24) is 0 Å². The molecule has 0 spiro atoms. The van der Waals surface area contributed by atoms with Gasteiger partial charge >= 0.3 is 39.5 Å². The van der Waals surface area contributed by atoms with Crippen LogP contribution < -0.4 is 0 Å². The van der Waals surface area contributed by atoms with Crippen molar-refractivity contribution in [2.45, 2.75) is 508 Å². The fourth-order valence-electron chi connectivity index (χ4n) is 14.1. The maximum absolute atomic E-state index is 13.2. The van der Waals surface area contributed by atoms with Gasteiger partial charge in [0.25, 0.3) is 0 Å². The van der Waals surface area contributed by atoms with Crippen molar-refractivity contribution in [2.75, 3.05) is 39.6 Å². The van der Waals surface area contributed by atoms with Crippen molar-refractivity contribution in [3.63, 3.8) is 0 Å². The first-order valence-corrected chi connectivity index (χ1v) is 49.3. The maximum Gasteiger partial charge on any atom is 0.472 e. The second kappa shape index (κ2) is 83.0. The Kier molecular flexibility index (Phi) is 81.5. The minimum absolute atomic E-state index is 0.109. The molecular weight excluding hydrogens is 1400 g/mol. The first kappa shape index (κ1) is 106. The number of unbranched alkanes of at least 4 members (excludes halogenated alkanes) is 64. The van der Waals surface area contributed by atoms with Crippen molar-refractivity contribution in [3.05, 3.63) is 0 Å². The third-order valence-electron chi connectivity index (χ3n) is 21.1. The molecule has 0 aromatic rings. The summed E-state index contributed by atoms with van der Waals surface area (Å²) in [7, 11) is -9.93. The SMILES string of the molecule is CCCCCCCCCCCCCCCCCCCCCCCC(=O)O[C@H](COC(=O)CCCCCCCCCCCCCCCCCCCCCC)COP(=O)(O)OC[C@@H](O)COP(=O)(O)OC[C@@H](COC(=O)CCCCCCCCCCCCCC)OC(=O)CCCCCCCCCCCCCCCCC. The lowest BCUT2D eigenvalue weighted by atomic mass is 10.0. The van der Waals surface area contributed by atoms with Crippen LogP contribution in [0.3, 0.4) is 0 Å². The highest BCUT2D eigenvalue weighted by Crippen LogP contribution is 2.45. The first-order valence-electron chi connectivity index (χ1n) is 46.3. The Hall–Kier alpha value is -1.94. The van der Waals surface area contributed by atoms with Crippen molar-refractivity contribution < 1.29 is 80.2 Å². The lowest BCUT2D eigenvalue weighted by Crippen LogP contribution is -2.30. The van der Waals surface area contributed by atoms with Crippen LogP contribution in [0.15, 0.2) is 0 Å². The van der Waals surface area contributed by atoms with E-state index in [-0.39, 0.29) is 25.7 Å². The van der Waals surface area contributed by atoms with Crippen LogP contribution in [-0.2, 0) is 65.4 Å². The molecule has 0 aromatic heterocycles. The smallest absolute Gasteiger partial charge is 0.462 e. The average molecular weight is 1580 g/mol. The Bertz CT molecular complexity index is 2030. The van der Waals surface area contributed by atoms with Crippen LogP contribution in [0.5, 0.6) is 0 Å². The van der Waals surface area contributed by atoms with Gasteiger partial charge in [-0.3, -0.25) is 37.3 Å². The minimum Gasteiger partial charge on any atom is -0.462 e. The summed E-state index contributed by atoms with van der Waals surface area (Å²) in [5, 5.41) is 10.7. The van der Waals surface area contributed by atoms with Crippen molar-refractivity contribution in [3.8, 4) is 0 Å². The molecule has 0 saturated carbocycles. The summed E-state index contributed by atoms with van der Waals surface area (Å²) in [6.07, 6.45) is 79.2. The number of hydrogen-bond donors (Lipinski definition) is 3. The zero-order chi connectivity index (χ0) is 78.9. The topological polar surface area (TPSA) is 237 Å². The molecule has 0 radical (unpaired) electrons. The average Bonchev–Trinajstić information content (AvgIpc) is 0.899. The number of aliphatic hydroxyl groups excluding tert-OH is 1. The third kappa shape index (κ3) is 82.1. The molecular formula is C89H174O17P2. The molecule has 0 rings (SSSR count). The summed E-state index contributed by atoms with van der Waals surface area (Å²) < 4.78 is 69.0. The van der Waals surface area contributed by atoms with Gasteiger partial charge in [-0.2, -0.15) is 0 Å². The normalized spacial score (nSPS) is 13.7. The molecule has 0 aliphatic heterocycles. The highest BCUT2D eigenvalue weighted by molar-refractivity contribution is 7.47. The van der Waals surface area contributed by atoms with Crippen LogP contribution in [-0.4, -0.2) is 96.7 Å². The van der Waals surface area contributed by atoms with Gasteiger partial charge in [0.15, 0.2) is 12.2 Å². The predicted octanol–water partition coefficient (Wildman–Crippen LogP) is 27.7. The summed E-state index contributed by atoms with van der Waals surface area (Å²) in [5.41, 5.74) is 0. The maximum atomic E-state index is 13.2. The standard InChI is InChI=1S/C89H174O17P2/c1-5-9-13-17-21-25-29-33-36-38-40-42-44-46-49-52-56-60-64-68-72-76-89(94)106-85(80-100-87(92)74-70-66-62-58-54-50-48-45-43-41-39-37-34-30-26-22-18-14-10-6-2)82-104-108(97,98)102-78-83(90)77-101-107(95,96)103-81-84(79-99-86(91)73-69-65-61-57-53-32-28-24-20-16-12-8-4)105-88(93)75-71-67-63-59-55-51-47-35-31-27-23-19-15-11-7-3/h83-85,90H,5-82H2,1-4H3,(H,95,96)(H,97,98)/t83-,84+,85+/m0/s1. The molecule has 0 aromatic carbocycles. The van der Waals surface area contributed by atoms with E-state index >= 15 is 0 Å². The van der Waals surface area contributed by atoms with E-state index in [2.05, 4.69) is 27.7 Å². The molecule has 0 aliphatic carbocycles. The molecule has 108 heavy (non-hydrogen) atoms. The fraction of sp³-hybridized carbons (Fsp3) is 0.955. The molecule has 3 N–H and O–H groups in total. The van der Waals surface area contributed by atoms with Gasteiger partial charge in [0, 0.05) is 25.7 Å². The summed E-state index contributed by atoms with van der Waals surface area (Å²) in [6.45, 7) is 5.08. The molecule has 0 heterocycles. The van der Waals surface area contributed by atoms with Gasteiger partial charge < -0.3 is 33.8 Å². The van der Waals surface area contributed by atoms with Crippen LogP contribution >= 0.6 is 15.6 Å². The number of carbonyl (C=O) groups excluding carboxylic acids is 4. The van der Waals surface area contributed by atoms with Crippen LogP contribution in [0, 0.1) is 0 Å². The van der Waals surface area contributed by atoms with Gasteiger partial charge in [-0.15, -0.1) is 0 Å². The van der Waals surface area contributed by atoms with E-state index < -0.39 is 97.5 Å². The highest BCUT2D eigenvalue weighted by atomic mass is 31.2. The second-order valence-corrected chi connectivity index (χ2v) is 34.9. The van der Waals surface area contributed by atoms with E-state index in [1.807, 2.05) is 0 Å². The van der Waals surface area contributed by atoms with Crippen molar-refractivity contribution >= 4 is 39.5 Å². The number of ether oxygens (including phenoxy) is 4. The highest BCUT2D eigenvalue weighted by Gasteiger charge is 2.30. The Morgan fingerprint density at radius 3 is 0.546 bits per heavy atom. The molecule has 17 nitrogen and oxygen atoms in total. The summed E-state index contributed by atoms with van der Waals surface area (Å²) in [4.78, 5) is 73.3. The van der Waals surface area contributed by atoms with Gasteiger partial charge in [-0.1, -0.05) is 439 Å². The summed E-state index contributed by atoms with van der Waals surface area (Å²) in [5.74, 6) is -2.09. The Morgan fingerprint density at radius 1 is 0.222 bits per heavy atom. The second-order valence-electron chi connectivity index (χ2n) is 32.0. The van der Waals surface area contributed by atoms with Gasteiger partial charge in [-0.05, 0) is 25.7 Å². The van der Waals surface area contributed by atoms with Gasteiger partial charge in [0.05, 0.1) is 26.4 Å². The lowest BCUT2D eigenvalue weighted by molar-refractivity contribution is -0.161. The molecule has 0 bridgehead atoms. The lowest BCUT2D eigenvalue weighted by Gasteiger charge is -2.21. The largest absolute Gasteiger partial charge is 0.472 e. The number of esters is 4. The number of aliphatic hydroxyl groups is 1. The Labute approximate surface area is 664 Å². The van der Waals surface area contributed by atoms with E-state index in [0.29, 0.717) is 25.7 Å². The van der Waals surface area contributed by atoms with Crippen LogP contribution in [0.2, 0.25) is 0 Å². The van der Waals surface area contributed by atoms with Gasteiger partial charge in [0.1, 0.15) is 19.3 Å². The Morgan fingerprint density at radius 2 is 0.370 bits per heavy atom. The zero-order valence-corrected chi connectivity index (χ0v) is 72.6. The number of hydrogen-bond acceptors (Lipinski definition) is 15. The first-order chi connectivity index (χ1) is 52.7. The zero-order valence-electron chi connectivity index (χ0n) is 70.8. The van der Waals surface area contributed by atoms with Gasteiger partial charge in [0.2, 0.25) is 0 Å². The molecule has 5 atom stereocenters. The fourth-order valence-corrected chi connectivity index (χ4v) is 15.6. The monoisotopic (exact) mass is 1580 g/mol. The van der Waals surface area contributed by atoms with E-state index in [9.17, 15) is 43.2 Å². The van der Waals surface area contributed by atoms with E-state index in [1.165, 1.54) is 321 Å². The van der Waals surface area contributed by atoms with Crippen LogP contribution in [0.1, 0.15) is 490 Å². The van der Waals surface area contributed by atoms with Crippen LogP contribution in [0.4, 0.5) is 0 Å². The number of phosphoric acid groups is 2. The third-order valence-corrected chi connectivity index (χ3v) is 23.0. The van der Waals surface area contributed by atoms with E-state index in [0.717, 1.165) is 89.9 Å². The van der Waals surface area contributed by atoms with Crippen molar-refractivity contribution in [2.24, 2.45) is 0 Å². The molecule has 642 valence electrons. The molecule has 2 unspecified atom stereocenters. The van der Waals surface area contributed by atoms with E-state index in [1.54, 1.807) is 0 Å². The van der Waals surface area contributed by atoms with E-state index in [4.69, 9.17) is 37.0 Å². The molecule has 19 heteroatoms. The predicted molar refractivity (Wildman–Crippen MR) is 446 cm³/mol. The Balaban J connectivity index is 5.23. The summed E-state index contributed by atoms with van der Waals surface area (Å²) >= 11 is 0. The number of carbonyl (C=O) groups is 4. The minimum atomic E-state index is -4.97. The quantitative estimate of drug-likeness (QED) is 0.0222. The molecule has 0 amide bonds. The molecule has 0 fully saturated rings. The summed E-state index contributed by atoms with van der Waals surface area (Å²) in [6, 6.07) is 0. The number of rotatable bonds is 90. The molecule has 0 saturated heterocycles.